The summed E-state index contributed by atoms with van der Waals surface area (Å²) in [6, 6.07) is 5.82. The predicted molar refractivity (Wildman–Crippen MR) is 94.0 cm³/mol. The molecule has 0 atom stereocenters. The van der Waals surface area contributed by atoms with Gasteiger partial charge in [0.25, 0.3) is 0 Å². The van der Waals surface area contributed by atoms with Gasteiger partial charge >= 0.3 is 0 Å². The first-order chi connectivity index (χ1) is 11.9. The van der Waals surface area contributed by atoms with E-state index < -0.39 is 0 Å². The molecule has 0 spiro atoms. The van der Waals surface area contributed by atoms with Crippen molar-refractivity contribution >= 4 is 17.5 Å². The van der Waals surface area contributed by atoms with Crippen LogP contribution in [0.1, 0.15) is 41.1 Å². The molecule has 1 heterocycles. The number of aryl methyl sites for hydroxylation is 2. The van der Waals surface area contributed by atoms with Crippen molar-refractivity contribution in [2.75, 3.05) is 7.05 Å². The van der Waals surface area contributed by atoms with E-state index in [-0.39, 0.29) is 17.6 Å². The Labute approximate surface area is 151 Å². The van der Waals surface area contributed by atoms with E-state index in [1.54, 1.807) is 11.7 Å². The molecule has 25 heavy (non-hydrogen) atoms. The van der Waals surface area contributed by atoms with Gasteiger partial charge in [-0.15, -0.1) is 0 Å². The maximum Gasteiger partial charge on any atom is 0.241 e. The Morgan fingerprint density at radius 3 is 2.60 bits per heavy atom. The molecule has 6 nitrogen and oxygen atoms in total. The number of halogens is 1. The largest absolute Gasteiger partial charge is 0.452 e. The Kier molecular flexibility index (Phi) is 4.69. The van der Waals surface area contributed by atoms with Crippen molar-refractivity contribution < 1.29 is 9.53 Å². The number of ether oxygens (including phenoxy) is 1. The highest BCUT2D eigenvalue weighted by molar-refractivity contribution is 6.31. The molecular formula is C18H19ClN4O2. The third-order valence-corrected chi connectivity index (χ3v) is 4.53. The van der Waals surface area contributed by atoms with Gasteiger partial charge in [-0.25, -0.2) is 0 Å². The molecule has 1 aromatic heterocycles. The van der Waals surface area contributed by atoms with Gasteiger partial charge < -0.3 is 10.1 Å². The van der Waals surface area contributed by atoms with Crippen LogP contribution in [0.2, 0.25) is 5.15 Å². The third-order valence-electron chi connectivity index (χ3n) is 4.28. The van der Waals surface area contributed by atoms with E-state index >= 15 is 0 Å². The molecule has 1 fully saturated rings. The standard InChI is InChI=1S/C18H19ClN4O2/c1-10-6-13(7-11(2)14(10)8-20)25-17-16(12-4-5-12)23(22-18(17)19)9-15(24)21-3/h6-7,12H,4-5,9H2,1-3H3,(H,21,24). The van der Waals surface area contributed by atoms with Crippen LogP contribution in [0.5, 0.6) is 11.5 Å². The fourth-order valence-electron chi connectivity index (χ4n) is 2.89. The molecule has 1 amide bonds. The Morgan fingerprint density at radius 1 is 1.44 bits per heavy atom. The van der Waals surface area contributed by atoms with Crippen molar-refractivity contribution in [1.29, 1.82) is 5.26 Å². The van der Waals surface area contributed by atoms with E-state index in [2.05, 4.69) is 16.5 Å². The van der Waals surface area contributed by atoms with Crippen molar-refractivity contribution in [3.8, 4) is 17.6 Å². The minimum absolute atomic E-state index is 0.108. The number of carbonyl (C=O) groups is 1. The topological polar surface area (TPSA) is 79.9 Å². The highest BCUT2D eigenvalue weighted by Crippen LogP contribution is 2.48. The molecule has 1 aliphatic carbocycles. The molecule has 0 unspecified atom stereocenters. The molecule has 2 aromatic rings. The molecule has 7 heteroatoms. The van der Waals surface area contributed by atoms with Crippen LogP contribution in [-0.4, -0.2) is 22.7 Å². The maximum absolute atomic E-state index is 11.7. The first kappa shape index (κ1) is 17.3. The second-order valence-corrected chi connectivity index (χ2v) is 6.61. The van der Waals surface area contributed by atoms with E-state index in [0.29, 0.717) is 23.0 Å². The van der Waals surface area contributed by atoms with E-state index in [9.17, 15) is 10.1 Å². The van der Waals surface area contributed by atoms with E-state index in [0.717, 1.165) is 29.7 Å². The fraction of sp³-hybridized carbons (Fsp3) is 0.389. The van der Waals surface area contributed by atoms with Gasteiger partial charge in [0.05, 0.1) is 17.3 Å². The summed E-state index contributed by atoms with van der Waals surface area (Å²) in [4.78, 5) is 11.7. The summed E-state index contributed by atoms with van der Waals surface area (Å²) in [6.45, 7) is 3.85. The smallest absolute Gasteiger partial charge is 0.241 e. The number of aromatic nitrogens is 2. The number of benzene rings is 1. The SMILES string of the molecule is CNC(=O)Cn1nc(Cl)c(Oc2cc(C)c(C#N)c(C)c2)c1C1CC1. The Balaban J connectivity index is 1.98. The zero-order valence-electron chi connectivity index (χ0n) is 14.4. The summed E-state index contributed by atoms with van der Waals surface area (Å²) >= 11 is 6.30. The van der Waals surface area contributed by atoms with Gasteiger partial charge in [-0.3, -0.25) is 9.48 Å². The predicted octanol–water partition coefficient (Wildman–Crippen LogP) is 3.44. The van der Waals surface area contributed by atoms with Crippen LogP contribution < -0.4 is 10.1 Å². The van der Waals surface area contributed by atoms with E-state index in [1.165, 1.54) is 0 Å². The average molecular weight is 359 g/mol. The van der Waals surface area contributed by atoms with Crippen LogP contribution in [0.25, 0.3) is 0 Å². The van der Waals surface area contributed by atoms with Gasteiger partial charge in [-0.1, -0.05) is 11.6 Å². The van der Waals surface area contributed by atoms with Crippen molar-refractivity contribution in [1.82, 2.24) is 15.1 Å². The molecular weight excluding hydrogens is 340 g/mol. The lowest BCUT2D eigenvalue weighted by atomic mass is 10.0. The maximum atomic E-state index is 11.7. The van der Waals surface area contributed by atoms with Gasteiger partial charge in [0, 0.05) is 13.0 Å². The summed E-state index contributed by atoms with van der Waals surface area (Å²) in [7, 11) is 1.59. The first-order valence-electron chi connectivity index (χ1n) is 8.10. The summed E-state index contributed by atoms with van der Waals surface area (Å²) in [5.74, 6) is 1.27. The van der Waals surface area contributed by atoms with Gasteiger partial charge in [-0.2, -0.15) is 10.4 Å². The van der Waals surface area contributed by atoms with Crippen LogP contribution in [-0.2, 0) is 11.3 Å². The van der Waals surface area contributed by atoms with Crippen LogP contribution in [0, 0.1) is 25.2 Å². The minimum Gasteiger partial charge on any atom is -0.452 e. The average Bonchev–Trinajstić information content (AvgIpc) is 3.34. The molecule has 0 bridgehead atoms. The summed E-state index contributed by atoms with van der Waals surface area (Å²) in [6.07, 6.45) is 2.05. The number of likely N-dealkylation sites (N-methyl/N-ethyl adjacent to an activating group) is 1. The number of rotatable bonds is 5. The normalized spacial score (nSPS) is 13.4. The highest BCUT2D eigenvalue weighted by atomic mass is 35.5. The summed E-state index contributed by atoms with van der Waals surface area (Å²) in [5.41, 5.74) is 3.20. The van der Waals surface area contributed by atoms with Crippen molar-refractivity contribution in [2.45, 2.75) is 39.2 Å². The number of amides is 1. The lowest BCUT2D eigenvalue weighted by molar-refractivity contribution is -0.121. The van der Waals surface area contributed by atoms with Gasteiger partial charge in [0.1, 0.15) is 12.3 Å². The summed E-state index contributed by atoms with van der Waals surface area (Å²) in [5, 5.41) is 16.3. The van der Waals surface area contributed by atoms with Crippen LogP contribution in [0.4, 0.5) is 0 Å². The molecule has 1 aliphatic rings. The molecule has 1 saturated carbocycles. The number of nitrogens with zero attached hydrogens (tertiary/aromatic N) is 3. The monoisotopic (exact) mass is 358 g/mol. The Bertz CT molecular complexity index is 855. The molecule has 1 N–H and O–H groups in total. The van der Waals surface area contributed by atoms with Gasteiger partial charge in [0.15, 0.2) is 10.9 Å². The highest BCUT2D eigenvalue weighted by Gasteiger charge is 2.34. The zero-order chi connectivity index (χ0) is 18.1. The van der Waals surface area contributed by atoms with Crippen LogP contribution in [0.3, 0.4) is 0 Å². The number of hydrogen-bond donors (Lipinski definition) is 1. The lowest BCUT2D eigenvalue weighted by Gasteiger charge is -2.11. The molecule has 0 radical (unpaired) electrons. The zero-order valence-corrected chi connectivity index (χ0v) is 15.1. The van der Waals surface area contributed by atoms with Crippen molar-refractivity contribution in [3.05, 3.63) is 39.7 Å². The van der Waals surface area contributed by atoms with E-state index in [4.69, 9.17) is 16.3 Å². The van der Waals surface area contributed by atoms with E-state index in [1.807, 2.05) is 26.0 Å². The van der Waals surface area contributed by atoms with Gasteiger partial charge in [0.2, 0.25) is 5.91 Å². The molecule has 3 rings (SSSR count). The van der Waals surface area contributed by atoms with Crippen LogP contribution in [0.15, 0.2) is 12.1 Å². The quantitative estimate of drug-likeness (QED) is 0.887. The number of nitriles is 1. The third kappa shape index (κ3) is 3.47. The minimum atomic E-state index is -0.141. The molecule has 1 aromatic carbocycles. The Morgan fingerprint density at radius 2 is 2.08 bits per heavy atom. The van der Waals surface area contributed by atoms with Gasteiger partial charge in [-0.05, 0) is 49.9 Å². The fourth-order valence-corrected chi connectivity index (χ4v) is 3.11. The second kappa shape index (κ2) is 6.77. The number of carbonyl (C=O) groups excluding carboxylic acids is 1. The number of nitrogens with one attached hydrogen (secondary N) is 1. The molecule has 0 saturated heterocycles. The Hall–Kier alpha value is -2.52. The first-order valence-corrected chi connectivity index (χ1v) is 8.48. The number of hydrogen-bond acceptors (Lipinski definition) is 4. The lowest BCUT2D eigenvalue weighted by Crippen LogP contribution is -2.24. The second-order valence-electron chi connectivity index (χ2n) is 6.26. The van der Waals surface area contributed by atoms with Crippen LogP contribution >= 0.6 is 11.6 Å². The molecule has 130 valence electrons. The molecule has 0 aliphatic heterocycles. The summed E-state index contributed by atoms with van der Waals surface area (Å²) < 4.78 is 7.66. The van der Waals surface area contributed by atoms with Crippen molar-refractivity contribution in [3.63, 3.8) is 0 Å². The van der Waals surface area contributed by atoms with Crippen molar-refractivity contribution in [2.24, 2.45) is 0 Å².